The first-order chi connectivity index (χ1) is 13.9. The summed E-state index contributed by atoms with van der Waals surface area (Å²) in [6, 6.07) is 13.1. The molecule has 1 heterocycles. The fourth-order valence-electron chi connectivity index (χ4n) is 2.31. The summed E-state index contributed by atoms with van der Waals surface area (Å²) in [6.07, 6.45) is 1.43. The summed E-state index contributed by atoms with van der Waals surface area (Å²) in [7, 11) is 3.68. The Bertz CT molecular complexity index is 1010. The van der Waals surface area contributed by atoms with Gasteiger partial charge in [0.05, 0.1) is 10.7 Å². The van der Waals surface area contributed by atoms with Crippen LogP contribution < -0.4 is 15.6 Å². The zero-order chi connectivity index (χ0) is 20.8. The number of hydrogen-bond acceptors (Lipinski definition) is 8. The Kier molecular flexibility index (Phi) is 6.84. The number of halogens is 2. The van der Waals surface area contributed by atoms with Gasteiger partial charge in [-0.2, -0.15) is 20.1 Å². The van der Waals surface area contributed by atoms with Crippen LogP contribution in [0.1, 0.15) is 11.1 Å². The Labute approximate surface area is 181 Å². The van der Waals surface area contributed by atoms with Crippen molar-refractivity contribution in [3.05, 3.63) is 63.1 Å². The molecule has 3 N–H and O–H groups in total. The van der Waals surface area contributed by atoms with E-state index in [1.54, 1.807) is 17.0 Å². The Morgan fingerprint density at radius 3 is 2.59 bits per heavy atom. The molecule has 0 bridgehead atoms. The van der Waals surface area contributed by atoms with Crippen LogP contribution in [0.5, 0.6) is 5.75 Å². The second kappa shape index (κ2) is 9.53. The molecule has 3 rings (SSSR count). The van der Waals surface area contributed by atoms with Gasteiger partial charge in [0.25, 0.3) is 0 Å². The molecule has 0 unspecified atom stereocenters. The van der Waals surface area contributed by atoms with Crippen LogP contribution >= 0.6 is 27.5 Å². The summed E-state index contributed by atoms with van der Waals surface area (Å²) in [5, 5.41) is 17.8. The number of anilines is 3. The molecule has 0 radical (unpaired) electrons. The summed E-state index contributed by atoms with van der Waals surface area (Å²) in [6.45, 7) is 0.574. The Morgan fingerprint density at radius 1 is 1.14 bits per heavy atom. The molecule has 0 saturated heterocycles. The number of phenolic OH excluding ortho intramolecular Hbond substituents is 1. The van der Waals surface area contributed by atoms with Crippen molar-refractivity contribution in [3.8, 4) is 5.75 Å². The standard InChI is InChI=1S/C19H19BrClN7O/c1-28(2)19-25-17(22-10-12-6-4-3-5-7-12)24-18(26-19)27-23-11-13-8-14(21)9-15(20)16(13)29/h3-9,11,29H,10H2,1-2H3,(H2,22,24,25,26,27)/b23-11-. The van der Waals surface area contributed by atoms with Crippen molar-refractivity contribution >= 4 is 51.6 Å². The lowest BCUT2D eigenvalue weighted by Crippen LogP contribution is -2.16. The Morgan fingerprint density at radius 2 is 1.86 bits per heavy atom. The van der Waals surface area contributed by atoms with Crippen molar-refractivity contribution < 1.29 is 5.11 Å². The normalized spacial score (nSPS) is 10.9. The van der Waals surface area contributed by atoms with Crippen LogP contribution in [-0.4, -0.2) is 40.4 Å². The zero-order valence-corrected chi connectivity index (χ0v) is 18.1. The highest BCUT2D eigenvalue weighted by Crippen LogP contribution is 2.30. The van der Waals surface area contributed by atoms with Gasteiger partial charge >= 0.3 is 0 Å². The maximum Gasteiger partial charge on any atom is 0.250 e. The topological polar surface area (TPSA) is 98.6 Å². The lowest BCUT2D eigenvalue weighted by molar-refractivity contribution is 0.471. The first-order valence-corrected chi connectivity index (χ1v) is 9.78. The third kappa shape index (κ3) is 5.78. The third-order valence-electron chi connectivity index (χ3n) is 3.74. The van der Waals surface area contributed by atoms with Gasteiger partial charge in [-0.1, -0.05) is 41.9 Å². The minimum Gasteiger partial charge on any atom is -0.506 e. The smallest absolute Gasteiger partial charge is 0.250 e. The van der Waals surface area contributed by atoms with Crippen molar-refractivity contribution in [2.45, 2.75) is 6.54 Å². The highest BCUT2D eigenvalue weighted by atomic mass is 79.9. The van der Waals surface area contributed by atoms with E-state index >= 15 is 0 Å². The molecule has 8 nitrogen and oxygen atoms in total. The van der Waals surface area contributed by atoms with Crippen LogP contribution in [0.4, 0.5) is 17.8 Å². The molecule has 0 spiro atoms. The van der Waals surface area contributed by atoms with Crippen LogP contribution in [0.15, 0.2) is 52.0 Å². The molecule has 29 heavy (non-hydrogen) atoms. The number of phenols is 1. The summed E-state index contributed by atoms with van der Waals surface area (Å²) >= 11 is 9.25. The highest BCUT2D eigenvalue weighted by Gasteiger charge is 2.09. The van der Waals surface area contributed by atoms with Crippen molar-refractivity contribution in [2.24, 2.45) is 5.10 Å². The van der Waals surface area contributed by atoms with Crippen molar-refractivity contribution in [3.63, 3.8) is 0 Å². The van der Waals surface area contributed by atoms with Crippen LogP contribution in [0.3, 0.4) is 0 Å². The molecule has 0 aliphatic heterocycles. The number of rotatable bonds is 7. The molecule has 10 heteroatoms. The molecule has 3 aromatic rings. The minimum absolute atomic E-state index is 0.0368. The molecule has 0 saturated carbocycles. The fraction of sp³-hybridized carbons (Fsp3) is 0.158. The number of hydrogen-bond donors (Lipinski definition) is 3. The van der Waals surface area contributed by atoms with Gasteiger partial charge in [0.15, 0.2) is 0 Å². The van der Waals surface area contributed by atoms with Gasteiger partial charge in [-0.3, -0.25) is 0 Å². The SMILES string of the molecule is CN(C)c1nc(NCc2ccccc2)nc(N/N=C\c2cc(Cl)cc(Br)c2O)n1. The van der Waals surface area contributed by atoms with Crippen LogP contribution in [0.25, 0.3) is 0 Å². The van der Waals surface area contributed by atoms with Gasteiger partial charge in [0, 0.05) is 31.2 Å². The van der Waals surface area contributed by atoms with Crippen LogP contribution in [0.2, 0.25) is 5.02 Å². The van der Waals surface area contributed by atoms with E-state index in [2.05, 4.69) is 46.7 Å². The third-order valence-corrected chi connectivity index (χ3v) is 4.57. The van der Waals surface area contributed by atoms with Gasteiger partial charge in [-0.25, -0.2) is 5.43 Å². The molecular formula is C19H19BrClN7O. The van der Waals surface area contributed by atoms with Crippen LogP contribution in [0, 0.1) is 0 Å². The molecule has 0 aliphatic carbocycles. The van der Waals surface area contributed by atoms with E-state index in [1.807, 2.05) is 44.4 Å². The van der Waals surface area contributed by atoms with E-state index in [0.29, 0.717) is 33.5 Å². The predicted octanol–water partition coefficient (Wildman–Crippen LogP) is 4.12. The first-order valence-electron chi connectivity index (χ1n) is 8.60. The van der Waals surface area contributed by atoms with E-state index in [4.69, 9.17) is 11.6 Å². The summed E-state index contributed by atoms with van der Waals surface area (Å²) < 4.78 is 0.480. The second-order valence-corrected chi connectivity index (χ2v) is 7.50. The second-order valence-electron chi connectivity index (χ2n) is 6.21. The molecule has 2 aromatic carbocycles. The Hall–Kier alpha value is -2.91. The number of nitrogens with one attached hydrogen (secondary N) is 2. The highest BCUT2D eigenvalue weighted by molar-refractivity contribution is 9.10. The maximum absolute atomic E-state index is 10.1. The predicted molar refractivity (Wildman–Crippen MR) is 120 cm³/mol. The molecule has 1 aromatic heterocycles. The number of hydrazone groups is 1. The molecular weight excluding hydrogens is 458 g/mol. The first kappa shape index (κ1) is 20.8. The fourth-order valence-corrected chi connectivity index (χ4v) is 3.15. The van der Waals surface area contributed by atoms with E-state index in [0.717, 1.165) is 5.56 Å². The largest absolute Gasteiger partial charge is 0.506 e. The van der Waals surface area contributed by atoms with E-state index in [-0.39, 0.29) is 11.7 Å². The van der Waals surface area contributed by atoms with E-state index < -0.39 is 0 Å². The lowest BCUT2D eigenvalue weighted by Gasteiger charge is -2.13. The van der Waals surface area contributed by atoms with Gasteiger partial charge in [0.1, 0.15) is 5.75 Å². The van der Waals surface area contributed by atoms with Crippen molar-refractivity contribution in [2.75, 3.05) is 29.7 Å². The minimum atomic E-state index is 0.0368. The quantitative estimate of drug-likeness (QED) is 0.348. The number of benzene rings is 2. The maximum atomic E-state index is 10.1. The van der Waals surface area contributed by atoms with Gasteiger partial charge in [-0.15, -0.1) is 0 Å². The lowest BCUT2D eigenvalue weighted by atomic mass is 10.2. The molecule has 0 aliphatic rings. The molecule has 150 valence electrons. The number of aromatic hydroxyl groups is 1. The molecule has 0 atom stereocenters. The van der Waals surface area contributed by atoms with E-state index in [1.165, 1.54) is 6.21 Å². The molecule has 0 fully saturated rings. The Balaban J connectivity index is 1.77. The summed E-state index contributed by atoms with van der Waals surface area (Å²) in [4.78, 5) is 14.8. The summed E-state index contributed by atoms with van der Waals surface area (Å²) in [5.74, 6) is 1.19. The monoisotopic (exact) mass is 475 g/mol. The van der Waals surface area contributed by atoms with Gasteiger partial charge in [0.2, 0.25) is 17.8 Å². The number of nitrogens with zero attached hydrogens (tertiary/aromatic N) is 5. The van der Waals surface area contributed by atoms with Gasteiger partial charge in [-0.05, 0) is 33.6 Å². The van der Waals surface area contributed by atoms with Crippen molar-refractivity contribution in [1.82, 2.24) is 15.0 Å². The molecule has 0 amide bonds. The van der Waals surface area contributed by atoms with Crippen LogP contribution in [-0.2, 0) is 6.54 Å². The van der Waals surface area contributed by atoms with Crippen molar-refractivity contribution in [1.29, 1.82) is 0 Å². The average Bonchev–Trinajstić information content (AvgIpc) is 2.70. The average molecular weight is 477 g/mol. The van der Waals surface area contributed by atoms with Gasteiger partial charge < -0.3 is 15.3 Å². The number of aromatic nitrogens is 3. The summed E-state index contributed by atoms with van der Waals surface area (Å²) in [5.41, 5.74) is 4.32. The van der Waals surface area contributed by atoms with E-state index in [9.17, 15) is 5.11 Å². The zero-order valence-electron chi connectivity index (χ0n) is 15.8.